The first kappa shape index (κ1) is 18.7. The van der Waals surface area contributed by atoms with E-state index in [1.807, 2.05) is 42.5 Å². The van der Waals surface area contributed by atoms with Crippen LogP contribution in [-0.4, -0.2) is 22.3 Å². The molecular weight excluding hydrogens is 386 g/mol. The van der Waals surface area contributed by atoms with Crippen LogP contribution >= 0.6 is 11.6 Å². The summed E-state index contributed by atoms with van der Waals surface area (Å²) in [6.07, 6.45) is 1.71. The van der Waals surface area contributed by atoms with E-state index in [0.717, 1.165) is 22.0 Å². The Morgan fingerprint density at radius 2 is 1.97 bits per heavy atom. The molecule has 0 bridgehead atoms. The molecule has 4 rings (SSSR count). The standard InChI is InChI=1S/C22H16ClN5O/c1-29-20-8-6-15(11-18(20)23)13-26-22-17-10-14(12-24)5-7-16(17)21(27-28-22)19-4-2-3-9-25-19/h2-11H,13H2,1H3,(H,26,28). The molecule has 0 aliphatic carbocycles. The van der Waals surface area contributed by atoms with E-state index in [4.69, 9.17) is 16.3 Å². The van der Waals surface area contributed by atoms with E-state index in [1.165, 1.54) is 0 Å². The quantitative estimate of drug-likeness (QED) is 0.515. The van der Waals surface area contributed by atoms with Gasteiger partial charge < -0.3 is 10.1 Å². The van der Waals surface area contributed by atoms with Crippen LogP contribution in [0.5, 0.6) is 5.75 Å². The molecule has 0 spiro atoms. The van der Waals surface area contributed by atoms with E-state index in [2.05, 4.69) is 26.6 Å². The molecule has 4 aromatic rings. The second kappa shape index (κ2) is 8.13. The molecule has 6 nitrogen and oxygen atoms in total. The first-order valence-corrected chi connectivity index (χ1v) is 9.25. The van der Waals surface area contributed by atoms with Crippen molar-refractivity contribution >= 4 is 28.2 Å². The number of halogens is 1. The molecule has 0 aliphatic heterocycles. The SMILES string of the molecule is COc1ccc(CNc2nnc(-c3ccccn3)c3ccc(C#N)cc23)cc1Cl. The second-order valence-electron chi connectivity index (χ2n) is 6.31. The Morgan fingerprint density at radius 1 is 1.07 bits per heavy atom. The van der Waals surface area contributed by atoms with Crippen LogP contribution in [-0.2, 0) is 6.54 Å². The van der Waals surface area contributed by atoms with Crippen LogP contribution in [0.3, 0.4) is 0 Å². The Balaban J connectivity index is 1.73. The minimum atomic E-state index is 0.493. The van der Waals surface area contributed by atoms with Gasteiger partial charge in [-0.1, -0.05) is 29.8 Å². The number of aromatic nitrogens is 3. The molecule has 0 radical (unpaired) electrons. The Bertz CT molecular complexity index is 1220. The van der Waals surface area contributed by atoms with Crippen LogP contribution in [0, 0.1) is 11.3 Å². The molecule has 0 saturated carbocycles. The average molecular weight is 402 g/mol. The number of methoxy groups -OCH3 is 1. The van der Waals surface area contributed by atoms with Crippen molar-refractivity contribution in [2.24, 2.45) is 0 Å². The van der Waals surface area contributed by atoms with Crippen molar-refractivity contribution in [1.29, 1.82) is 5.26 Å². The third-order valence-electron chi connectivity index (χ3n) is 4.49. The van der Waals surface area contributed by atoms with E-state index >= 15 is 0 Å². The number of hydrogen-bond donors (Lipinski definition) is 1. The Labute approximate surface area is 172 Å². The van der Waals surface area contributed by atoms with Gasteiger partial charge in [0.25, 0.3) is 0 Å². The van der Waals surface area contributed by atoms with E-state index in [-0.39, 0.29) is 0 Å². The predicted molar refractivity (Wildman–Crippen MR) is 113 cm³/mol. The summed E-state index contributed by atoms with van der Waals surface area (Å²) in [6, 6.07) is 18.8. The van der Waals surface area contributed by atoms with Gasteiger partial charge in [0, 0.05) is 23.5 Å². The van der Waals surface area contributed by atoms with Gasteiger partial charge in [0.05, 0.1) is 29.5 Å². The lowest BCUT2D eigenvalue weighted by Gasteiger charge is -2.12. The lowest BCUT2D eigenvalue weighted by Crippen LogP contribution is -2.05. The van der Waals surface area contributed by atoms with Crippen molar-refractivity contribution in [3.8, 4) is 23.2 Å². The largest absolute Gasteiger partial charge is 0.495 e. The van der Waals surface area contributed by atoms with E-state index in [1.54, 1.807) is 25.4 Å². The van der Waals surface area contributed by atoms with Gasteiger partial charge in [-0.25, -0.2) is 0 Å². The zero-order valence-electron chi connectivity index (χ0n) is 15.6. The highest BCUT2D eigenvalue weighted by atomic mass is 35.5. The molecule has 0 unspecified atom stereocenters. The molecule has 2 heterocycles. The van der Waals surface area contributed by atoms with Crippen molar-refractivity contribution in [3.05, 3.63) is 76.9 Å². The number of ether oxygens (including phenoxy) is 1. The summed E-state index contributed by atoms with van der Waals surface area (Å²) in [7, 11) is 1.58. The van der Waals surface area contributed by atoms with Gasteiger partial charge in [-0.3, -0.25) is 4.98 Å². The third-order valence-corrected chi connectivity index (χ3v) is 4.79. The maximum atomic E-state index is 9.32. The number of anilines is 1. The molecule has 2 aromatic carbocycles. The molecule has 0 atom stereocenters. The monoisotopic (exact) mass is 401 g/mol. The highest BCUT2D eigenvalue weighted by Gasteiger charge is 2.13. The number of benzene rings is 2. The van der Waals surface area contributed by atoms with Crippen LogP contribution in [0.15, 0.2) is 60.8 Å². The topological polar surface area (TPSA) is 83.7 Å². The zero-order valence-corrected chi connectivity index (χ0v) is 16.3. The van der Waals surface area contributed by atoms with E-state index < -0.39 is 0 Å². The molecule has 0 saturated heterocycles. The minimum Gasteiger partial charge on any atom is -0.495 e. The zero-order chi connectivity index (χ0) is 20.2. The maximum absolute atomic E-state index is 9.32. The first-order valence-electron chi connectivity index (χ1n) is 8.88. The first-order chi connectivity index (χ1) is 14.2. The highest BCUT2D eigenvalue weighted by Crippen LogP contribution is 2.30. The lowest BCUT2D eigenvalue weighted by molar-refractivity contribution is 0.415. The molecule has 7 heteroatoms. The Morgan fingerprint density at radius 3 is 2.69 bits per heavy atom. The van der Waals surface area contributed by atoms with Crippen LogP contribution < -0.4 is 10.1 Å². The number of nitrogens with one attached hydrogen (secondary N) is 1. The Kier molecular flexibility index (Phi) is 5.23. The fourth-order valence-electron chi connectivity index (χ4n) is 3.05. The van der Waals surface area contributed by atoms with Gasteiger partial charge in [0.2, 0.25) is 0 Å². The van der Waals surface area contributed by atoms with Crippen molar-refractivity contribution in [3.63, 3.8) is 0 Å². The molecule has 1 N–H and O–H groups in total. The average Bonchev–Trinajstić information content (AvgIpc) is 2.77. The van der Waals surface area contributed by atoms with Crippen molar-refractivity contribution < 1.29 is 4.74 Å². The molecule has 0 amide bonds. The number of rotatable bonds is 5. The third kappa shape index (κ3) is 3.82. The number of nitrogens with zero attached hydrogens (tertiary/aromatic N) is 4. The summed E-state index contributed by atoms with van der Waals surface area (Å²) in [5.41, 5.74) is 2.91. The fourth-order valence-corrected chi connectivity index (χ4v) is 3.33. The van der Waals surface area contributed by atoms with E-state index in [9.17, 15) is 5.26 Å². The number of pyridine rings is 1. The van der Waals surface area contributed by atoms with Crippen LogP contribution in [0.4, 0.5) is 5.82 Å². The normalized spacial score (nSPS) is 10.5. The van der Waals surface area contributed by atoms with Gasteiger partial charge in [-0.2, -0.15) is 5.26 Å². The summed E-state index contributed by atoms with van der Waals surface area (Å²) in [5.74, 6) is 1.21. The number of fused-ring (bicyclic) bond motifs is 1. The van der Waals surface area contributed by atoms with Crippen LogP contribution in [0.25, 0.3) is 22.2 Å². The number of nitriles is 1. The van der Waals surface area contributed by atoms with Crippen molar-refractivity contribution in [1.82, 2.24) is 15.2 Å². The molecule has 142 valence electrons. The van der Waals surface area contributed by atoms with Crippen LogP contribution in [0.2, 0.25) is 5.02 Å². The summed E-state index contributed by atoms with van der Waals surface area (Å²) in [4.78, 5) is 4.38. The van der Waals surface area contributed by atoms with Crippen LogP contribution in [0.1, 0.15) is 11.1 Å². The summed E-state index contributed by atoms with van der Waals surface area (Å²) in [5, 5.41) is 23.6. The van der Waals surface area contributed by atoms with Gasteiger partial charge in [0.15, 0.2) is 5.82 Å². The summed E-state index contributed by atoms with van der Waals surface area (Å²) >= 11 is 6.21. The highest BCUT2D eigenvalue weighted by molar-refractivity contribution is 6.32. The molecule has 29 heavy (non-hydrogen) atoms. The van der Waals surface area contributed by atoms with Crippen molar-refractivity contribution in [2.45, 2.75) is 6.54 Å². The summed E-state index contributed by atoms with van der Waals surface area (Å²) in [6.45, 7) is 0.493. The summed E-state index contributed by atoms with van der Waals surface area (Å²) < 4.78 is 5.19. The van der Waals surface area contributed by atoms with E-state index in [0.29, 0.717) is 34.4 Å². The van der Waals surface area contributed by atoms with Gasteiger partial charge >= 0.3 is 0 Å². The molecule has 2 aromatic heterocycles. The smallest absolute Gasteiger partial charge is 0.156 e. The second-order valence-corrected chi connectivity index (χ2v) is 6.71. The predicted octanol–water partition coefficient (Wildman–Crippen LogP) is 4.84. The minimum absolute atomic E-state index is 0.493. The molecule has 0 aliphatic rings. The fraction of sp³-hybridized carbons (Fsp3) is 0.0909. The maximum Gasteiger partial charge on any atom is 0.156 e. The molecular formula is C22H16ClN5O. The lowest BCUT2D eigenvalue weighted by atomic mass is 10.1. The van der Waals surface area contributed by atoms with Gasteiger partial charge in [-0.15, -0.1) is 10.2 Å². The Hall–Kier alpha value is -3.69. The van der Waals surface area contributed by atoms with Gasteiger partial charge in [-0.05, 0) is 42.0 Å². The van der Waals surface area contributed by atoms with Gasteiger partial charge in [0.1, 0.15) is 11.4 Å². The van der Waals surface area contributed by atoms with Crippen molar-refractivity contribution in [2.75, 3.05) is 12.4 Å². The number of hydrogen-bond acceptors (Lipinski definition) is 6. The molecule has 0 fully saturated rings.